The summed E-state index contributed by atoms with van der Waals surface area (Å²) in [6.07, 6.45) is 0. The molecule has 0 radical (unpaired) electrons. The van der Waals surface area contributed by atoms with Crippen LogP contribution in [0.3, 0.4) is 0 Å². The molecule has 3 rings (SSSR count). The predicted molar refractivity (Wildman–Crippen MR) is 85.9 cm³/mol. The Bertz CT molecular complexity index is 955. The molecule has 2 aromatic carbocycles. The van der Waals surface area contributed by atoms with Crippen molar-refractivity contribution < 1.29 is 13.6 Å². The van der Waals surface area contributed by atoms with Crippen LogP contribution >= 0.6 is 0 Å². The number of aromatic nitrogens is 2. The third kappa shape index (κ3) is 2.85. The Balaban J connectivity index is 2.05. The Kier molecular flexibility index (Phi) is 4.26. The number of rotatable bonds is 5. The molecule has 0 saturated carbocycles. The summed E-state index contributed by atoms with van der Waals surface area (Å²) in [7, 11) is 0. The van der Waals surface area contributed by atoms with Crippen LogP contribution in [0.25, 0.3) is 11.0 Å². The third-order valence-electron chi connectivity index (χ3n) is 3.76. The van der Waals surface area contributed by atoms with Crippen molar-refractivity contribution in [1.82, 2.24) is 9.13 Å². The van der Waals surface area contributed by atoms with E-state index in [9.17, 15) is 18.4 Å². The van der Waals surface area contributed by atoms with Gasteiger partial charge in [0.15, 0.2) is 5.78 Å². The van der Waals surface area contributed by atoms with E-state index in [0.717, 1.165) is 12.1 Å². The van der Waals surface area contributed by atoms with E-state index in [2.05, 4.69) is 0 Å². The predicted octanol–water partition coefficient (Wildman–Crippen LogP) is 1.92. The molecule has 124 valence electrons. The minimum Gasteiger partial charge on any atom is -0.329 e. The van der Waals surface area contributed by atoms with Crippen molar-refractivity contribution in [3.05, 3.63) is 70.1 Å². The summed E-state index contributed by atoms with van der Waals surface area (Å²) in [5, 5.41) is 0. The SMILES string of the molecule is NCCn1c(=O)n(CC(=O)c2cc(F)cc(F)c2)c2ccccc21. The number of nitrogens with zero attached hydrogens (tertiary/aromatic N) is 2. The van der Waals surface area contributed by atoms with Crippen molar-refractivity contribution in [2.24, 2.45) is 5.73 Å². The summed E-state index contributed by atoms with van der Waals surface area (Å²) < 4.78 is 29.3. The minimum absolute atomic E-state index is 0.116. The first kappa shape index (κ1) is 16.1. The van der Waals surface area contributed by atoms with Gasteiger partial charge >= 0.3 is 5.69 Å². The van der Waals surface area contributed by atoms with E-state index in [0.29, 0.717) is 23.6 Å². The summed E-state index contributed by atoms with van der Waals surface area (Å²) in [6, 6.07) is 9.60. The number of hydrogen-bond donors (Lipinski definition) is 1. The Labute approximate surface area is 135 Å². The molecule has 1 aromatic heterocycles. The molecule has 0 spiro atoms. The molecular weight excluding hydrogens is 316 g/mol. The number of carbonyl (C=O) groups excluding carboxylic acids is 1. The maximum atomic E-state index is 13.3. The maximum absolute atomic E-state index is 13.3. The van der Waals surface area contributed by atoms with Gasteiger partial charge in [-0.15, -0.1) is 0 Å². The maximum Gasteiger partial charge on any atom is 0.329 e. The topological polar surface area (TPSA) is 70.0 Å². The van der Waals surface area contributed by atoms with Gasteiger partial charge < -0.3 is 5.73 Å². The number of para-hydroxylation sites is 2. The minimum atomic E-state index is -0.837. The van der Waals surface area contributed by atoms with Crippen LogP contribution in [0.2, 0.25) is 0 Å². The van der Waals surface area contributed by atoms with Gasteiger partial charge in [0.2, 0.25) is 0 Å². The molecule has 0 amide bonds. The molecule has 0 unspecified atom stereocenters. The summed E-state index contributed by atoms with van der Waals surface area (Å²) in [5.74, 6) is -2.22. The molecule has 3 aromatic rings. The van der Waals surface area contributed by atoms with Crippen molar-refractivity contribution >= 4 is 16.8 Å². The van der Waals surface area contributed by atoms with Crippen molar-refractivity contribution in [1.29, 1.82) is 0 Å². The average molecular weight is 331 g/mol. The zero-order valence-electron chi connectivity index (χ0n) is 12.7. The van der Waals surface area contributed by atoms with Gasteiger partial charge in [-0.3, -0.25) is 13.9 Å². The highest BCUT2D eigenvalue weighted by Gasteiger charge is 2.16. The second-order valence-electron chi connectivity index (χ2n) is 5.38. The number of ketones is 1. The highest BCUT2D eigenvalue weighted by molar-refractivity contribution is 5.96. The molecule has 0 aliphatic carbocycles. The summed E-state index contributed by atoms with van der Waals surface area (Å²) in [6.45, 7) is 0.284. The fourth-order valence-electron chi connectivity index (χ4n) is 2.72. The Morgan fingerprint density at radius 1 is 1.00 bits per heavy atom. The fourth-order valence-corrected chi connectivity index (χ4v) is 2.72. The first-order valence-electron chi connectivity index (χ1n) is 7.38. The molecule has 0 atom stereocenters. The largest absolute Gasteiger partial charge is 0.329 e. The molecule has 7 heteroatoms. The highest BCUT2D eigenvalue weighted by atomic mass is 19.1. The zero-order chi connectivity index (χ0) is 17.3. The first-order chi connectivity index (χ1) is 11.5. The van der Waals surface area contributed by atoms with E-state index in [4.69, 9.17) is 5.73 Å². The van der Waals surface area contributed by atoms with Crippen LogP contribution in [-0.2, 0) is 13.1 Å². The average Bonchev–Trinajstić information content (AvgIpc) is 2.80. The van der Waals surface area contributed by atoms with E-state index in [1.54, 1.807) is 24.3 Å². The highest BCUT2D eigenvalue weighted by Crippen LogP contribution is 2.14. The van der Waals surface area contributed by atoms with Gasteiger partial charge in [0, 0.05) is 24.7 Å². The van der Waals surface area contributed by atoms with Crippen molar-refractivity contribution in [2.45, 2.75) is 13.1 Å². The van der Waals surface area contributed by atoms with Gasteiger partial charge in [0.05, 0.1) is 17.6 Å². The van der Waals surface area contributed by atoms with Crippen LogP contribution in [0.1, 0.15) is 10.4 Å². The lowest BCUT2D eigenvalue weighted by Gasteiger charge is -2.04. The summed E-state index contributed by atoms with van der Waals surface area (Å²) in [4.78, 5) is 24.9. The Hall–Kier alpha value is -2.80. The van der Waals surface area contributed by atoms with Gasteiger partial charge in [0.1, 0.15) is 11.6 Å². The Morgan fingerprint density at radius 3 is 2.17 bits per heavy atom. The van der Waals surface area contributed by atoms with Crippen LogP contribution in [-0.4, -0.2) is 21.5 Å². The summed E-state index contributed by atoms with van der Waals surface area (Å²) >= 11 is 0. The smallest absolute Gasteiger partial charge is 0.329 e. The van der Waals surface area contributed by atoms with Crippen LogP contribution in [0, 0.1) is 11.6 Å². The molecule has 1 heterocycles. The van der Waals surface area contributed by atoms with Crippen LogP contribution in [0.4, 0.5) is 8.78 Å². The quantitative estimate of drug-likeness (QED) is 0.726. The number of nitrogens with two attached hydrogens (primary N) is 1. The number of Topliss-reactive ketones (excluding diaryl/α,β-unsaturated/α-hetero) is 1. The lowest BCUT2D eigenvalue weighted by Crippen LogP contribution is -2.29. The number of fused-ring (bicyclic) bond motifs is 1. The number of imidazole rings is 1. The number of benzene rings is 2. The molecule has 5 nitrogen and oxygen atoms in total. The Morgan fingerprint density at radius 2 is 1.58 bits per heavy atom. The molecule has 0 bridgehead atoms. The summed E-state index contributed by atoms with van der Waals surface area (Å²) in [5.41, 5.74) is 6.27. The van der Waals surface area contributed by atoms with Crippen LogP contribution in [0.5, 0.6) is 0 Å². The molecular formula is C17H15F2N3O2. The van der Waals surface area contributed by atoms with E-state index in [-0.39, 0.29) is 24.3 Å². The van der Waals surface area contributed by atoms with E-state index in [1.165, 1.54) is 9.13 Å². The lowest BCUT2D eigenvalue weighted by molar-refractivity contribution is 0.0971. The first-order valence-corrected chi connectivity index (χ1v) is 7.38. The van der Waals surface area contributed by atoms with E-state index < -0.39 is 17.4 Å². The standard InChI is InChI=1S/C17H15F2N3O2/c18-12-7-11(8-13(19)9-12)16(23)10-22-15-4-2-1-3-14(15)21(6-5-20)17(22)24/h1-4,7-9H,5-6,10,20H2. The van der Waals surface area contributed by atoms with Crippen molar-refractivity contribution in [3.8, 4) is 0 Å². The fraction of sp³-hybridized carbons (Fsp3) is 0.176. The number of carbonyl (C=O) groups is 1. The molecule has 0 saturated heterocycles. The monoisotopic (exact) mass is 331 g/mol. The van der Waals surface area contributed by atoms with Gasteiger partial charge in [-0.25, -0.2) is 13.6 Å². The normalized spacial score (nSPS) is 11.1. The van der Waals surface area contributed by atoms with E-state index >= 15 is 0 Å². The molecule has 24 heavy (non-hydrogen) atoms. The van der Waals surface area contributed by atoms with Gasteiger partial charge in [0.25, 0.3) is 0 Å². The van der Waals surface area contributed by atoms with E-state index in [1.807, 2.05) is 0 Å². The second-order valence-corrected chi connectivity index (χ2v) is 5.38. The number of halogens is 2. The molecule has 2 N–H and O–H groups in total. The van der Waals surface area contributed by atoms with Gasteiger partial charge in [-0.1, -0.05) is 12.1 Å². The zero-order valence-corrected chi connectivity index (χ0v) is 12.7. The second kappa shape index (κ2) is 6.37. The third-order valence-corrected chi connectivity index (χ3v) is 3.76. The van der Waals surface area contributed by atoms with Crippen LogP contribution in [0.15, 0.2) is 47.3 Å². The van der Waals surface area contributed by atoms with Crippen LogP contribution < -0.4 is 11.4 Å². The molecule has 0 aliphatic heterocycles. The van der Waals surface area contributed by atoms with Crippen molar-refractivity contribution in [2.75, 3.05) is 6.54 Å². The van der Waals surface area contributed by atoms with Gasteiger partial charge in [-0.05, 0) is 24.3 Å². The molecule has 0 fully saturated rings. The van der Waals surface area contributed by atoms with Gasteiger partial charge in [-0.2, -0.15) is 0 Å². The molecule has 0 aliphatic rings. The number of hydrogen-bond acceptors (Lipinski definition) is 3. The van der Waals surface area contributed by atoms with Crippen molar-refractivity contribution in [3.63, 3.8) is 0 Å². The lowest BCUT2D eigenvalue weighted by atomic mass is 10.1.